The number of aliphatic hydroxyl groups excluding tert-OH is 2. The zero-order valence-corrected chi connectivity index (χ0v) is 18.2. The van der Waals surface area contributed by atoms with E-state index >= 15 is 0 Å². The van der Waals surface area contributed by atoms with Crippen molar-refractivity contribution in [2.45, 2.75) is 58.3 Å². The van der Waals surface area contributed by atoms with Crippen LogP contribution in [0.2, 0.25) is 0 Å². The third-order valence-electron chi connectivity index (χ3n) is 4.26. The normalized spacial score (nSPS) is 10.6. The Bertz CT molecular complexity index is 431. The molecule has 6 heteroatoms. The van der Waals surface area contributed by atoms with E-state index in [0.29, 0.717) is 45.4 Å². The lowest BCUT2D eigenvalue weighted by atomic mass is 10.0. The Labute approximate surface area is 176 Å². The predicted molar refractivity (Wildman–Crippen MR) is 116 cm³/mol. The van der Waals surface area contributed by atoms with Crippen molar-refractivity contribution >= 4 is 0 Å². The lowest BCUT2D eigenvalue weighted by Gasteiger charge is -2.04. The number of hydrogen-bond donors (Lipinski definition) is 3. The third-order valence-corrected chi connectivity index (χ3v) is 4.26. The summed E-state index contributed by atoms with van der Waals surface area (Å²) in [6, 6.07) is 7.67. The van der Waals surface area contributed by atoms with Crippen LogP contribution < -0.4 is 0 Å². The molecule has 6 nitrogen and oxygen atoms in total. The van der Waals surface area contributed by atoms with Crippen LogP contribution >= 0.6 is 0 Å². The highest BCUT2D eigenvalue weighted by molar-refractivity contribution is 5.31. The van der Waals surface area contributed by atoms with Crippen molar-refractivity contribution in [2.24, 2.45) is 0 Å². The second kappa shape index (κ2) is 23.1. The third kappa shape index (κ3) is 19.9. The van der Waals surface area contributed by atoms with Crippen LogP contribution in [0, 0.1) is 0 Å². The molecule has 1 aromatic rings. The summed E-state index contributed by atoms with van der Waals surface area (Å²) >= 11 is 0. The second-order valence-electron chi connectivity index (χ2n) is 6.78. The number of aliphatic hydroxyl groups is 2. The number of ether oxygens (including phenoxy) is 3. The first-order valence-corrected chi connectivity index (χ1v) is 11.0. The minimum atomic E-state index is 0.0413. The van der Waals surface area contributed by atoms with Crippen LogP contribution in [0.3, 0.4) is 0 Å². The number of aromatic hydroxyl groups is 1. The van der Waals surface area contributed by atoms with E-state index in [2.05, 4.69) is 6.92 Å². The quantitative estimate of drug-likeness (QED) is 0.317. The Balaban J connectivity index is 0.000000555. The molecule has 0 aliphatic carbocycles. The van der Waals surface area contributed by atoms with Crippen LogP contribution in [-0.2, 0) is 20.6 Å². The molecule has 0 spiro atoms. The fourth-order valence-corrected chi connectivity index (χ4v) is 2.67. The number of unbranched alkanes of at least 4 members (excludes halogenated alkanes) is 6. The fourth-order valence-electron chi connectivity index (χ4n) is 2.67. The van der Waals surface area contributed by atoms with Gasteiger partial charge in [-0.25, -0.2) is 0 Å². The largest absolute Gasteiger partial charge is 0.508 e. The Morgan fingerprint density at radius 1 is 0.655 bits per heavy atom. The molecule has 0 aliphatic heterocycles. The molecule has 3 N–H and O–H groups in total. The number of para-hydroxylation sites is 1. The molecule has 0 fully saturated rings. The highest BCUT2D eigenvalue weighted by atomic mass is 16.5. The van der Waals surface area contributed by atoms with Crippen molar-refractivity contribution in [3.63, 3.8) is 0 Å². The fraction of sp³-hybridized carbons (Fsp3) is 0.739. The minimum absolute atomic E-state index is 0.0413. The topological polar surface area (TPSA) is 88.4 Å². The highest BCUT2D eigenvalue weighted by Crippen LogP contribution is 2.18. The van der Waals surface area contributed by atoms with Crippen LogP contribution in [-0.4, -0.2) is 68.2 Å². The predicted octanol–water partition coefficient (Wildman–Crippen LogP) is 3.71. The molecule has 1 rings (SSSR count). The molecule has 0 bridgehead atoms. The average molecular weight is 415 g/mol. The molecule has 170 valence electrons. The van der Waals surface area contributed by atoms with E-state index in [-0.39, 0.29) is 13.2 Å². The molecule has 0 atom stereocenters. The molecule has 0 saturated heterocycles. The first-order valence-electron chi connectivity index (χ1n) is 11.0. The average Bonchev–Trinajstić information content (AvgIpc) is 2.74. The molecule has 0 saturated carbocycles. The molecular weight excluding hydrogens is 372 g/mol. The molecule has 0 aromatic heterocycles. The zero-order valence-electron chi connectivity index (χ0n) is 18.2. The van der Waals surface area contributed by atoms with E-state index in [1.807, 2.05) is 18.2 Å². The van der Waals surface area contributed by atoms with Gasteiger partial charge in [0, 0.05) is 0 Å². The first-order chi connectivity index (χ1) is 14.3. The van der Waals surface area contributed by atoms with Crippen LogP contribution in [0.4, 0.5) is 0 Å². The molecule has 0 unspecified atom stereocenters. The van der Waals surface area contributed by atoms with Gasteiger partial charge >= 0.3 is 0 Å². The number of rotatable bonds is 18. The van der Waals surface area contributed by atoms with E-state index in [4.69, 9.17) is 24.4 Å². The molecule has 0 radical (unpaired) electrons. The first kappa shape index (κ1) is 27.8. The van der Waals surface area contributed by atoms with E-state index in [1.165, 1.54) is 44.9 Å². The SMILES string of the molecule is CCCCCCCCCc1ccccc1O.OCCOCCOCCOCCO. The van der Waals surface area contributed by atoms with Gasteiger partial charge in [0.25, 0.3) is 0 Å². The van der Waals surface area contributed by atoms with Gasteiger partial charge in [0.15, 0.2) is 0 Å². The molecular formula is C23H42O6. The summed E-state index contributed by atoms with van der Waals surface area (Å²) in [5.74, 6) is 0.452. The summed E-state index contributed by atoms with van der Waals surface area (Å²) in [6.45, 7) is 5.01. The maximum absolute atomic E-state index is 9.58. The smallest absolute Gasteiger partial charge is 0.118 e. The lowest BCUT2D eigenvalue weighted by molar-refractivity contribution is 0.00230. The Morgan fingerprint density at radius 2 is 1.14 bits per heavy atom. The summed E-state index contributed by atoms with van der Waals surface area (Å²) in [7, 11) is 0. The van der Waals surface area contributed by atoms with Crippen LogP contribution in [0.1, 0.15) is 57.4 Å². The van der Waals surface area contributed by atoms with Gasteiger partial charge in [-0.15, -0.1) is 0 Å². The number of phenols is 1. The van der Waals surface area contributed by atoms with Crippen molar-refractivity contribution in [2.75, 3.05) is 52.9 Å². The molecule has 1 aromatic carbocycles. The van der Waals surface area contributed by atoms with Gasteiger partial charge in [0.1, 0.15) is 5.75 Å². The Kier molecular flexibility index (Phi) is 22.2. The van der Waals surface area contributed by atoms with Gasteiger partial charge < -0.3 is 29.5 Å². The Morgan fingerprint density at radius 3 is 1.66 bits per heavy atom. The highest BCUT2D eigenvalue weighted by Gasteiger charge is 1.98. The van der Waals surface area contributed by atoms with Gasteiger partial charge in [-0.1, -0.05) is 63.6 Å². The molecule has 0 heterocycles. The van der Waals surface area contributed by atoms with Gasteiger partial charge in [-0.2, -0.15) is 0 Å². The standard InChI is InChI=1S/C15H24O.C8H18O5/c1-2-3-4-5-6-7-8-11-14-12-9-10-13-15(14)16;9-1-3-11-5-7-13-8-6-12-4-2-10/h9-10,12-13,16H,2-8,11H2,1H3;9-10H,1-8H2. The van der Waals surface area contributed by atoms with E-state index in [0.717, 1.165) is 12.0 Å². The summed E-state index contributed by atoms with van der Waals surface area (Å²) in [5.41, 5.74) is 1.09. The van der Waals surface area contributed by atoms with Crippen molar-refractivity contribution in [1.29, 1.82) is 0 Å². The van der Waals surface area contributed by atoms with E-state index in [9.17, 15) is 5.11 Å². The monoisotopic (exact) mass is 414 g/mol. The molecule has 29 heavy (non-hydrogen) atoms. The summed E-state index contributed by atoms with van der Waals surface area (Å²) < 4.78 is 15.0. The number of phenolic OH excluding ortho intramolecular Hbond substituents is 1. The summed E-state index contributed by atoms with van der Waals surface area (Å²) in [6.07, 6.45) is 10.3. The van der Waals surface area contributed by atoms with E-state index < -0.39 is 0 Å². The van der Waals surface area contributed by atoms with Gasteiger partial charge in [-0.05, 0) is 24.5 Å². The number of hydrogen-bond acceptors (Lipinski definition) is 6. The van der Waals surface area contributed by atoms with Crippen LogP contribution in [0.15, 0.2) is 24.3 Å². The number of aryl methyl sites for hydroxylation is 1. The molecule has 0 aliphatic rings. The van der Waals surface area contributed by atoms with Crippen LogP contribution in [0.5, 0.6) is 5.75 Å². The van der Waals surface area contributed by atoms with Crippen molar-refractivity contribution in [1.82, 2.24) is 0 Å². The maximum atomic E-state index is 9.58. The van der Waals surface area contributed by atoms with Gasteiger partial charge in [0.05, 0.1) is 52.9 Å². The van der Waals surface area contributed by atoms with Gasteiger partial charge in [0.2, 0.25) is 0 Å². The van der Waals surface area contributed by atoms with Crippen LogP contribution in [0.25, 0.3) is 0 Å². The summed E-state index contributed by atoms with van der Waals surface area (Å²) in [5, 5.41) is 26.3. The van der Waals surface area contributed by atoms with E-state index in [1.54, 1.807) is 6.07 Å². The maximum Gasteiger partial charge on any atom is 0.118 e. The molecule has 0 amide bonds. The second-order valence-corrected chi connectivity index (χ2v) is 6.78. The van der Waals surface area contributed by atoms with Crippen molar-refractivity contribution in [3.05, 3.63) is 29.8 Å². The zero-order chi connectivity index (χ0) is 21.4. The van der Waals surface area contributed by atoms with Gasteiger partial charge in [-0.3, -0.25) is 0 Å². The number of benzene rings is 1. The van der Waals surface area contributed by atoms with Crippen molar-refractivity contribution < 1.29 is 29.5 Å². The Hall–Kier alpha value is -1.18. The minimum Gasteiger partial charge on any atom is -0.508 e. The lowest BCUT2D eigenvalue weighted by Crippen LogP contribution is -2.11. The van der Waals surface area contributed by atoms with Crippen molar-refractivity contribution in [3.8, 4) is 5.75 Å². The summed E-state index contributed by atoms with van der Waals surface area (Å²) in [4.78, 5) is 0.